The van der Waals surface area contributed by atoms with E-state index in [0.29, 0.717) is 0 Å². The minimum atomic E-state index is 0. The Labute approximate surface area is 59.1 Å². The van der Waals surface area contributed by atoms with E-state index in [0.717, 1.165) is 0 Å². The summed E-state index contributed by atoms with van der Waals surface area (Å²) in [6.07, 6.45) is 0. The van der Waals surface area contributed by atoms with Crippen LogP contribution in [0, 0.1) is 0 Å². The molecule has 0 atom stereocenters. The van der Waals surface area contributed by atoms with Crippen LogP contribution in [0.5, 0.6) is 0 Å². The molecule has 0 spiro atoms. The van der Waals surface area contributed by atoms with Crippen LogP contribution < -0.4 is 5.32 Å². The van der Waals surface area contributed by atoms with E-state index >= 15 is 0 Å². The maximum Gasteiger partial charge on any atom is 0.0879 e. The summed E-state index contributed by atoms with van der Waals surface area (Å²) < 4.78 is 0. The molecule has 1 N–H and O–H groups in total. The summed E-state index contributed by atoms with van der Waals surface area (Å²) in [5, 5.41) is 6.30. The van der Waals surface area contributed by atoms with Crippen molar-refractivity contribution in [3.63, 3.8) is 0 Å². The molecule has 0 aromatic carbocycles. The molecule has 0 fully saturated rings. The lowest BCUT2D eigenvalue weighted by atomic mass is 10.6. The smallest absolute Gasteiger partial charge is 0.0879 e. The summed E-state index contributed by atoms with van der Waals surface area (Å²) >= 11 is 1.71. The van der Waals surface area contributed by atoms with Crippen molar-refractivity contribution in [3.05, 3.63) is 17.5 Å². The maximum atomic E-state index is 3.03. The highest BCUT2D eigenvalue weighted by Crippen LogP contribution is 2.12. The van der Waals surface area contributed by atoms with Gasteiger partial charge in [-0.3, -0.25) is 0 Å². The van der Waals surface area contributed by atoms with E-state index in [1.165, 1.54) is 5.00 Å². The Morgan fingerprint density at radius 1 is 1.62 bits per heavy atom. The van der Waals surface area contributed by atoms with Crippen LogP contribution in [0.4, 0.5) is 5.00 Å². The van der Waals surface area contributed by atoms with Crippen molar-refractivity contribution in [2.45, 2.75) is 0 Å². The minimum Gasteiger partial charge on any atom is -0.380 e. The molecule has 1 rings (SSSR count). The van der Waals surface area contributed by atoms with Gasteiger partial charge in [-0.1, -0.05) is 0 Å². The first-order valence-corrected chi connectivity index (χ1v) is 3.02. The van der Waals surface area contributed by atoms with Crippen molar-refractivity contribution in [2.75, 3.05) is 12.4 Å². The van der Waals surface area contributed by atoms with Gasteiger partial charge in [-0.05, 0) is 17.5 Å². The van der Waals surface area contributed by atoms with Gasteiger partial charge in [-0.25, -0.2) is 0 Å². The molecule has 1 nitrogen and oxygen atoms in total. The fourth-order valence-corrected chi connectivity index (χ4v) is 1.000. The molecule has 0 saturated heterocycles. The number of halogens is 1. The van der Waals surface area contributed by atoms with E-state index in [9.17, 15) is 0 Å². The van der Waals surface area contributed by atoms with Gasteiger partial charge in [0, 0.05) is 7.05 Å². The third-order valence-corrected chi connectivity index (χ3v) is 1.65. The van der Waals surface area contributed by atoms with Crippen LogP contribution in [0.2, 0.25) is 0 Å². The second-order valence-corrected chi connectivity index (χ2v) is 2.17. The summed E-state index contributed by atoms with van der Waals surface area (Å²) in [5.74, 6) is 0. The Morgan fingerprint density at radius 2 is 2.38 bits per heavy atom. The topological polar surface area (TPSA) is 12.0 Å². The average molecular weight is 150 g/mol. The molecular weight excluding hydrogens is 142 g/mol. The van der Waals surface area contributed by atoms with Crippen molar-refractivity contribution >= 4 is 28.7 Å². The standard InChI is InChI=1S/C5H7NS.ClH/c1-6-5-3-2-4-7-5;/h2-4,6H,1H3;1H. The minimum absolute atomic E-state index is 0. The highest BCUT2D eigenvalue weighted by atomic mass is 35.5. The summed E-state index contributed by atoms with van der Waals surface area (Å²) in [6, 6.07) is 4.07. The molecule has 0 unspecified atom stereocenters. The number of rotatable bonds is 1. The molecule has 0 radical (unpaired) electrons. The van der Waals surface area contributed by atoms with E-state index in [1.807, 2.05) is 24.6 Å². The van der Waals surface area contributed by atoms with Crippen LogP contribution in [0.25, 0.3) is 0 Å². The molecule has 1 aromatic rings. The number of hydrogen-bond donors (Lipinski definition) is 1. The molecule has 1 aromatic heterocycles. The molecular formula is C5H8ClNS. The Bertz CT molecular complexity index is 127. The molecule has 0 saturated carbocycles. The second-order valence-electron chi connectivity index (χ2n) is 1.23. The molecule has 0 bridgehead atoms. The molecule has 0 aliphatic rings. The first-order chi connectivity index (χ1) is 3.43. The second kappa shape index (κ2) is 3.75. The Kier molecular flexibility index (Phi) is 3.65. The zero-order valence-electron chi connectivity index (χ0n) is 4.55. The van der Waals surface area contributed by atoms with E-state index in [4.69, 9.17) is 0 Å². The first kappa shape index (κ1) is 7.79. The summed E-state index contributed by atoms with van der Waals surface area (Å²) in [5.41, 5.74) is 0. The molecule has 8 heavy (non-hydrogen) atoms. The highest BCUT2D eigenvalue weighted by Gasteiger charge is 1.80. The first-order valence-electron chi connectivity index (χ1n) is 2.15. The van der Waals surface area contributed by atoms with Gasteiger partial charge in [0.15, 0.2) is 0 Å². The van der Waals surface area contributed by atoms with E-state index in [1.54, 1.807) is 11.3 Å². The van der Waals surface area contributed by atoms with Crippen molar-refractivity contribution < 1.29 is 0 Å². The van der Waals surface area contributed by atoms with Gasteiger partial charge in [0.05, 0.1) is 5.00 Å². The van der Waals surface area contributed by atoms with Crippen LogP contribution in [0.15, 0.2) is 17.5 Å². The third kappa shape index (κ3) is 1.72. The normalized spacial score (nSPS) is 7.62. The van der Waals surface area contributed by atoms with Crippen LogP contribution >= 0.6 is 23.7 Å². The number of thiophene rings is 1. The molecule has 0 aliphatic heterocycles. The fourth-order valence-electron chi connectivity index (χ4n) is 0.421. The van der Waals surface area contributed by atoms with Gasteiger partial charge in [0.1, 0.15) is 0 Å². The fraction of sp³-hybridized carbons (Fsp3) is 0.200. The largest absolute Gasteiger partial charge is 0.380 e. The molecule has 0 aliphatic carbocycles. The highest BCUT2D eigenvalue weighted by molar-refractivity contribution is 7.14. The van der Waals surface area contributed by atoms with Gasteiger partial charge in [0.25, 0.3) is 0 Å². The Balaban J connectivity index is 0.000000490. The van der Waals surface area contributed by atoms with Crippen LogP contribution in [-0.2, 0) is 0 Å². The third-order valence-electron chi connectivity index (χ3n) is 0.768. The van der Waals surface area contributed by atoms with Crippen molar-refractivity contribution in [1.29, 1.82) is 0 Å². The SMILES string of the molecule is CNc1cccs1.Cl. The molecule has 1 heterocycles. The molecule has 0 amide bonds. The Morgan fingerprint density at radius 3 is 2.62 bits per heavy atom. The molecule has 3 heteroatoms. The zero-order chi connectivity index (χ0) is 5.11. The van der Waals surface area contributed by atoms with Crippen LogP contribution in [0.3, 0.4) is 0 Å². The van der Waals surface area contributed by atoms with Gasteiger partial charge in [-0.15, -0.1) is 23.7 Å². The van der Waals surface area contributed by atoms with Crippen LogP contribution in [0.1, 0.15) is 0 Å². The summed E-state index contributed by atoms with van der Waals surface area (Å²) in [4.78, 5) is 0. The summed E-state index contributed by atoms with van der Waals surface area (Å²) in [6.45, 7) is 0. The van der Waals surface area contributed by atoms with E-state index < -0.39 is 0 Å². The predicted molar refractivity (Wildman–Crippen MR) is 41.1 cm³/mol. The number of anilines is 1. The van der Waals surface area contributed by atoms with Gasteiger partial charge in [0.2, 0.25) is 0 Å². The lowest BCUT2D eigenvalue weighted by molar-refractivity contribution is 1.60. The van der Waals surface area contributed by atoms with Crippen molar-refractivity contribution in [2.24, 2.45) is 0 Å². The lowest BCUT2D eigenvalue weighted by Gasteiger charge is -1.85. The van der Waals surface area contributed by atoms with E-state index in [2.05, 4.69) is 5.32 Å². The van der Waals surface area contributed by atoms with E-state index in [-0.39, 0.29) is 12.4 Å². The monoisotopic (exact) mass is 149 g/mol. The van der Waals surface area contributed by atoms with Gasteiger partial charge < -0.3 is 5.32 Å². The van der Waals surface area contributed by atoms with Gasteiger partial charge in [-0.2, -0.15) is 0 Å². The van der Waals surface area contributed by atoms with Crippen molar-refractivity contribution in [3.8, 4) is 0 Å². The van der Waals surface area contributed by atoms with Crippen LogP contribution in [-0.4, -0.2) is 7.05 Å². The summed E-state index contributed by atoms with van der Waals surface area (Å²) in [7, 11) is 1.92. The predicted octanol–water partition coefficient (Wildman–Crippen LogP) is 2.21. The lowest BCUT2D eigenvalue weighted by Crippen LogP contribution is -1.79. The van der Waals surface area contributed by atoms with Gasteiger partial charge >= 0.3 is 0 Å². The zero-order valence-corrected chi connectivity index (χ0v) is 6.18. The number of hydrogen-bond acceptors (Lipinski definition) is 2. The average Bonchev–Trinajstić information content (AvgIpc) is 2.14. The number of nitrogens with one attached hydrogen (secondary N) is 1. The molecule has 46 valence electrons. The maximum absolute atomic E-state index is 3.03. The Hall–Kier alpha value is -0.210. The van der Waals surface area contributed by atoms with Crippen molar-refractivity contribution in [1.82, 2.24) is 0 Å². The quantitative estimate of drug-likeness (QED) is 0.646.